The summed E-state index contributed by atoms with van der Waals surface area (Å²) in [5.41, 5.74) is 4.07. The second-order valence-corrected chi connectivity index (χ2v) is 9.90. The first-order valence-electron chi connectivity index (χ1n) is 13.7. The zero-order valence-electron chi connectivity index (χ0n) is 23.3. The van der Waals surface area contributed by atoms with Crippen molar-refractivity contribution >= 4 is 52.3 Å². The number of benzene rings is 5. The molecule has 0 unspecified atom stereocenters. The van der Waals surface area contributed by atoms with Crippen LogP contribution >= 0.6 is 0 Å². The lowest BCUT2D eigenvalue weighted by atomic mass is 10.0. The fourth-order valence-corrected chi connectivity index (χ4v) is 4.69. The Morgan fingerprint density at radius 3 is 2.00 bits per heavy atom. The summed E-state index contributed by atoms with van der Waals surface area (Å²) in [6.07, 6.45) is 3.16. The Kier molecular flexibility index (Phi) is 7.79. The average Bonchev–Trinajstić information content (AvgIpc) is 3.32. The Morgan fingerprint density at radius 1 is 0.614 bits per heavy atom. The molecule has 0 radical (unpaired) electrons. The largest absolute Gasteiger partial charge is 0.322 e. The van der Waals surface area contributed by atoms with Crippen LogP contribution in [0.2, 0.25) is 0 Å². The van der Waals surface area contributed by atoms with Crippen LogP contribution in [0.15, 0.2) is 144 Å². The number of nitrogens with zero attached hydrogens (tertiary/aromatic N) is 3. The van der Waals surface area contributed by atoms with Crippen LogP contribution in [-0.4, -0.2) is 23.5 Å². The monoisotopic (exact) mass is 576 g/mol. The van der Waals surface area contributed by atoms with Gasteiger partial charge in [0.2, 0.25) is 0 Å². The van der Waals surface area contributed by atoms with Gasteiger partial charge < -0.3 is 5.32 Å². The van der Waals surface area contributed by atoms with E-state index < -0.39 is 17.7 Å². The highest BCUT2D eigenvalue weighted by Gasteiger charge is 2.37. The lowest BCUT2D eigenvalue weighted by Crippen LogP contribution is -2.29. The fraction of sp³-hybridized carbons (Fsp3) is 0. The average molecular weight is 577 g/mol. The lowest BCUT2D eigenvalue weighted by Gasteiger charge is -2.13. The smallest absolute Gasteiger partial charge is 0.266 e. The molecule has 8 heteroatoms. The third-order valence-electron chi connectivity index (χ3n) is 6.92. The van der Waals surface area contributed by atoms with Crippen LogP contribution in [0.1, 0.15) is 47.0 Å². The van der Waals surface area contributed by atoms with Gasteiger partial charge in [-0.2, -0.15) is 10.2 Å². The first-order chi connectivity index (χ1) is 21.5. The molecule has 0 saturated carbocycles. The van der Waals surface area contributed by atoms with Crippen LogP contribution in [0.4, 0.5) is 22.7 Å². The SMILES string of the molecule is O=C(/C=C/c1cccc(NC(=O)c2ccc3c(c2)C(=O)N(c2ccc(N=Nc4ccccc4)cc2)C3=O)c1)c1ccccc1. The minimum absolute atomic E-state index is 0.129. The number of amides is 3. The predicted octanol–water partition coefficient (Wildman–Crippen LogP) is 8.05. The van der Waals surface area contributed by atoms with Crippen molar-refractivity contribution in [2.45, 2.75) is 0 Å². The lowest BCUT2D eigenvalue weighted by molar-refractivity contribution is 0.0924. The summed E-state index contributed by atoms with van der Waals surface area (Å²) < 4.78 is 0. The van der Waals surface area contributed by atoms with E-state index in [1.807, 2.05) is 42.5 Å². The molecule has 0 fully saturated rings. The summed E-state index contributed by atoms with van der Waals surface area (Å²) in [4.78, 5) is 53.0. The normalized spacial score (nSPS) is 12.6. The molecule has 0 spiro atoms. The van der Waals surface area contributed by atoms with E-state index in [-0.39, 0.29) is 22.5 Å². The van der Waals surface area contributed by atoms with E-state index in [1.165, 1.54) is 24.3 Å². The van der Waals surface area contributed by atoms with Gasteiger partial charge in [-0.15, -0.1) is 0 Å². The van der Waals surface area contributed by atoms with Crippen LogP contribution in [0.5, 0.6) is 0 Å². The zero-order chi connectivity index (χ0) is 30.5. The number of carbonyl (C=O) groups is 4. The maximum absolute atomic E-state index is 13.3. The standard InChI is InChI=1S/C36H24N4O4/c41-33(25-9-3-1-4-10-25)21-14-24-8-7-13-29(22-24)37-34(42)26-15-20-31-32(23-26)36(44)40(35(31)43)30-18-16-28(17-19-30)39-38-27-11-5-2-6-12-27/h1-23H,(H,37,42)/b21-14+,39-38?. The van der Waals surface area contributed by atoms with E-state index in [4.69, 9.17) is 0 Å². The summed E-state index contributed by atoms with van der Waals surface area (Å²) >= 11 is 0. The summed E-state index contributed by atoms with van der Waals surface area (Å²) in [6.45, 7) is 0. The maximum Gasteiger partial charge on any atom is 0.266 e. The predicted molar refractivity (Wildman–Crippen MR) is 169 cm³/mol. The number of ketones is 1. The number of carbonyl (C=O) groups excluding carboxylic acids is 4. The third kappa shape index (κ3) is 6.00. The Hall–Kier alpha value is -6.28. The summed E-state index contributed by atoms with van der Waals surface area (Å²) in [5, 5.41) is 11.2. The van der Waals surface area contributed by atoms with E-state index >= 15 is 0 Å². The van der Waals surface area contributed by atoms with Gasteiger partial charge in [-0.05, 0) is 78.4 Å². The van der Waals surface area contributed by atoms with Crippen molar-refractivity contribution < 1.29 is 19.2 Å². The van der Waals surface area contributed by atoms with Crippen molar-refractivity contribution in [2.24, 2.45) is 10.2 Å². The van der Waals surface area contributed by atoms with Gasteiger partial charge in [0.05, 0.1) is 28.2 Å². The van der Waals surface area contributed by atoms with Gasteiger partial charge in [-0.25, -0.2) is 4.90 Å². The number of anilines is 2. The molecule has 1 N–H and O–H groups in total. The van der Waals surface area contributed by atoms with E-state index in [1.54, 1.807) is 72.8 Å². The molecule has 44 heavy (non-hydrogen) atoms. The number of nitrogens with one attached hydrogen (secondary N) is 1. The number of hydrogen-bond acceptors (Lipinski definition) is 6. The van der Waals surface area contributed by atoms with Crippen LogP contribution in [-0.2, 0) is 0 Å². The fourth-order valence-electron chi connectivity index (χ4n) is 4.69. The Morgan fingerprint density at radius 2 is 1.27 bits per heavy atom. The van der Waals surface area contributed by atoms with Crippen molar-refractivity contribution in [1.82, 2.24) is 0 Å². The minimum atomic E-state index is -0.520. The minimum Gasteiger partial charge on any atom is -0.322 e. The molecule has 5 aromatic rings. The highest BCUT2D eigenvalue weighted by molar-refractivity contribution is 6.34. The number of imide groups is 1. The van der Waals surface area contributed by atoms with Gasteiger partial charge in [0.15, 0.2) is 5.78 Å². The molecule has 0 aromatic heterocycles. The Labute approximate surface area is 253 Å². The van der Waals surface area contributed by atoms with Crippen LogP contribution in [0, 0.1) is 0 Å². The molecule has 6 rings (SSSR count). The number of hydrogen-bond donors (Lipinski definition) is 1. The molecular weight excluding hydrogens is 552 g/mol. The molecule has 8 nitrogen and oxygen atoms in total. The second kappa shape index (κ2) is 12.3. The number of azo groups is 1. The molecule has 0 bridgehead atoms. The third-order valence-corrected chi connectivity index (χ3v) is 6.92. The molecule has 0 atom stereocenters. The highest BCUT2D eigenvalue weighted by atomic mass is 16.2. The van der Waals surface area contributed by atoms with Crippen molar-refractivity contribution in [2.75, 3.05) is 10.2 Å². The molecule has 3 amide bonds. The van der Waals surface area contributed by atoms with Crippen molar-refractivity contribution in [3.63, 3.8) is 0 Å². The molecule has 0 aliphatic carbocycles. The maximum atomic E-state index is 13.3. The van der Waals surface area contributed by atoms with Crippen molar-refractivity contribution in [3.8, 4) is 0 Å². The Bertz CT molecular complexity index is 1950. The molecule has 1 heterocycles. The molecule has 0 saturated heterocycles. The van der Waals surface area contributed by atoms with Crippen molar-refractivity contribution in [1.29, 1.82) is 0 Å². The first-order valence-corrected chi connectivity index (χ1v) is 13.7. The van der Waals surface area contributed by atoms with Gasteiger partial charge in [0.1, 0.15) is 0 Å². The number of fused-ring (bicyclic) bond motifs is 1. The number of allylic oxidation sites excluding steroid dienone is 1. The van der Waals surface area contributed by atoms with E-state index in [0.29, 0.717) is 28.3 Å². The second-order valence-electron chi connectivity index (χ2n) is 9.90. The quantitative estimate of drug-likeness (QED) is 0.0872. The molecule has 1 aliphatic heterocycles. The highest BCUT2D eigenvalue weighted by Crippen LogP contribution is 2.31. The first kappa shape index (κ1) is 27.9. The molecular formula is C36H24N4O4. The topological polar surface area (TPSA) is 108 Å². The van der Waals surface area contributed by atoms with Gasteiger partial charge in [-0.1, -0.05) is 66.7 Å². The molecule has 212 valence electrons. The van der Waals surface area contributed by atoms with Gasteiger partial charge in [0.25, 0.3) is 17.7 Å². The summed E-state index contributed by atoms with van der Waals surface area (Å²) in [6, 6.07) is 36.3. The molecule has 1 aliphatic rings. The van der Waals surface area contributed by atoms with Crippen LogP contribution < -0.4 is 10.2 Å². The van der Waals surface area contributed by atoms with E-state index in [2.05, 4.69) is 15.5 Å². The zero-order valence-corrected chi connectivity index (χ0v) is 23.3. The van der Waals surface area contributed by atoms with Crippen molar-refractivity contribution in [3.05, 3.63) is 161 Å². The summed E-state index contributed by atoms with van der Waals surface area (Å²) in [7, 11) is 0. The van der Waals surface area contributed by atoms with Crippen LogP contribution in [0.25, 0.3) is 6.08 Å². The van der Waals surface area contributed by atoms with E-state index in [0.717, 1.165) is 10.5 Å². The van der Waals surface area contributed by atoms with Gasteiger partial charge in [-0.3, -0.25) is 19.2 Å². The molecule has 5 aromatic carbocycles. The van der Waals surface area contributed by atoms with Gasteiger partial charge >= 0.3 is 0 Å². The van der Waals surface area contributed by atoms with E-state index in [9.17, 15) is 19.2 Å². The Balaban J connectivity index is 1.14. The van der Waals surface area contributed by atoms with Crippen LogP contribution in [0.3, 0.4) is 0 Å². The summed E-state index contributed by atoms with van der Waals surface area (Å²) in [5.74, 6) is -1.56. The number of rotatable bonds is 8. The van der Waals surface area contributed by atoms with Gasteiger partial charge in [0, 0.05) is 16.8 Å².